The summed E-state index contributed by atoms with van der Waals surface area (Å²) in [5, 5.41) is 27.9. The van der Waals surface area contributed by atoms with Gasteiger partial charge in [-0.05, 0) is 31.5 Å². The molecular weight excluding hydrogens is 472 g/mol. The molecule has 10 nitrogen and oxygen atoms in total. The molecule has 1 aliphatic rings. The number of carbonyl (C=O) groups excluding carboxylic acids is 1. The van der Waals surface area contributed by atoms with Gasteiger partial charge in [0.15, 0.2) is 5.82 Å². The molecule has 0 radical (unpaired) electrons. The number of hydrogen-bond acceptors (Lipinski definition) is 8. The lowest BCUT2D eigenvalue weighted by Crippen LogP contribution is -2.34. The summed E-state index contributed by atoms with van der Waals surface area (Å²) >= 11 is 0. The van der Waals surface area contributed by atoms with E-state index in [4.69, 9.17) is 0 Å². The largest absolute Gasteiger partial charge is 0.389 e. The highest BCUT2D eigenvalue weighted by atomic mass is 19.3. The maximum Gasteiger partial charge on any atom is 0.300 e. The number of nitrogens with zero attached hydrogens (tertiary/aromatic N) is 6. The predicted molar refractivity (Wildman–Crippen MR) is 127 cm³/mol. The standard InChI is InChI=1S/C24H25F2N7O3/c1-13-14(10-32-8-6-19(34)23(32)36)11-33(30-13)20-5-7-27-24(29-20)28-15-3-4-18-16(9-15)17(12-31(18)2)21(35)22(25)26/h3-5,7,9,11-12,19,22-23,34,36H,6,8,10H2,1-2H3,(H,27,28,29)/t19-,23?/m0/s1. The SMILES string of the molecule is Cc1nn(-c2ccnc(Nc3ccc4c(c3)c(C(=O)C(F)F)cn4C)n2)cc1CN1CC[C@H](O)C1O. The molecule has 1 unspecified atom stereocenters. The van der Waals surface area contributed by atoms with E-state index >= 15 is 0 Å². The highest BCUT2D eigenvalue weighted by molar-refractivity contribution is 6.10. The molecule has 1 aromatic carbocycles. The molecule has 3 aromatic heterocycles. The van der Waals surface area contributed by atoms with Crippen molar-refractivity contribution in [3.8, 4) is 5.82 Å². The Morgan fingerprint density at radius 1 is 1.25 bits per heavy atom. The molecule has 3 N–H and O–H groups in total. The second-order valence-electron chi connectivity index (χ2n) is 8.84. The van der Waals surface area contributed by atoms with Crippen LogP contribution in [0.5, 0.6) is 0 Å². The Morgan fingerprint density at radius 3 is 2.78 bits per heavy atom. The number of aliphatic hydroxyl groups excluding tert-OH is 2. The van der Waals surface area contributed by atoms with Crippen LogP contribution in [0.25, 0.3) is 16.7 Å². The first-order valence-electron chi connectivity index (χ1n) is 11.4. The number of rotatable bonds is 7. The zero-order chi connectivity index (χ0) is 25.6. The van der Waals surface area contributed by atoms with E-state index in [1.165, 1.54) is 6.20 Å². The van der Waals surface area contributed by atoms with Crippen LogP contribution in [-0.2, 0) is 13.6 Å². The average molecular weight is 498 g/mol. The van der Waals surface area contributed by atoms with Gasteiger partial charge in [0.1, 0.15) is 6.23 Å². The number of aliphatic hydroxyl groups is 2. The van der Waals surface area contributed by atoms with Gasteiger partial charge < -0.3 is 20.1 Å². The summed E-state index contributed by atoms with van der Waals surface area (Å²) in [6.45, 7) is 2.89. The van der Waals surface area contributed by atoms with Gasteiger partial charge in [-0.25, -0.2) is 18.4 Å². The quantitative estimate of drug-likeness (QED) is 0.333. The maximum absolute atomic E-state index is 13.1. The lowest BCUT2D eigenvalue weighted by atomic mass is 10.1. The van der Waals surface area contributed by atoms with Gasteiger partial charge in [-0.1, -0.05) is 0 Å². The molecule has 4 heterocycles. The summed E-state index contributed by atoms with van der Waals surface area (Å²) in [6.07, 6.45) is 0.554. The van der Waals surface area contributed by atoms with Crippen molar-refractivity contribution in [1.29, 1.82) is 0 Å². The van der Waals surface area contributed by atoms with E-state index in [0.717, 1.165) is 11.3 Å². The van der Waals surface area contributed by atoms with E-state index in [0.29, 0.717) is 41.9 Å². The Balaban J connectivity index is 1.38. The van der Waals surface area contributed by atoms with Crippen molar-refractivity contribution in [2.45, 2.75) is 38.6 Å². The number of anilines is 2. The number of fused-ring (bicyclic) bond motifs is 1. The van der Waals surface area contributed by atoms with E-state index in [1.54, 1.807) is 51.7 Å². The van der Waals surface area contributed by atoms with Crippen LogP contribution >= 0.6 is 0 Å². The van der Waals surface area contributed by atoms with Crippen molar-refractivity contribution in [2.75, 3.05) is 11.9 Å². The molecule has 5 rings (SSSR count). The molecule has 0 amide bonds. The van der Waals surface area contributed by atoms with Crippen LogP contribution in [0.4, 0.5) is 20.4 Å². The van der Waals surface area contributed by atoms with Crippen LogP contribution in [-0.4, -0.2) is 70.5 Å². The van der Waals surface area contributed by atoms with Crippen molar-refractivity contribution in [1.82, 2.24) is 29.2 Å². The first-order chi connectivity index (χ1) is 17.2. The van der Waals surface area contributed by atoms with E-state index in [2.05, 4.69) is 20.4 Å². The molecule has 1 aliphatic heterocycles. The topological polar surface area (TPSA) is 121 Å². The summed E-state index contributed by atoms with van der Waals surface area (Å²) in [7, 11) is 1.69. The van der Waals surface area contributed by atoms with E-state index in [1.807, 2.05) is 13.1 Å². The third-order valence-corrected chi connectivity index (χ3v) is 6.39. The molecule has 1 saturated heterocycles. The van der Waals surface area contributed by atoms with Gasteiger partial charge in [-0.3, -0.25) is 9.69 Å². The summed E-state index contributed by atoms with van der Waals surface area (Å²) in [4.78, 5) is 22.5. The fourth-order valence-corrected chi connectivity index (χ4v) is 4.43. The molecule has 0 bridgehead atoms. The summed E-state index contributed by atoms with van der Waals surface area (Å²) in [6, 6.07) is 6.79. The Hall–Kier alpha value is -3.74. The van der Waals surface area contributed by atoms with Gasteiger partial charge in [-0.15, -0.1) is 0 Å². The third-order valence-electron chi connectivity index (χ3n) is 6.39. The van der Waals surface area contributed by atoms with Crippen LogP contribution in [0, 0.1) is 6.92 Å². The minimum Gasteiger partial charge on any atom is -0.389 e. The minimum absolute atomic E-state index is 0.0454. The van der Waals surface area contributed by atoms with Crippen LogP contribution in [0.2, 0.25) is 0 Å². The fraction of sp³-hybridized carbons (Fsp3) is 0.333. The smallest absolute Gasteiger partial charge is 0.300 e. The summed E-state index contributed by atoms with van der Waals surface area (Å²) < 4.78 is 29.3. The van der Waals surface area contributed by atoms with Gasteiger partial charge in [-0.2, -0.15) is 10.1 Å². The highest BCUT2D eigenvalue weighted by Crippen LogP contribution is 2.27. The molecule has 36 heavy (non-hydrogen) atoms. The number of aromatic nitrogens is 5. The molecule has 1 fully saturated rings. The van der Waals surface area contributed by atoms with E-state index < -0.39 is 24.5 Å². The summed E-state index contributed by atoms with van der Waals surface area (Å²) in [5.74, 6) is -0.465. The minimum atomic E-state index is -3.09. The van der Waals surface area contributed by atoms with Gasteiger partial charge in [0.2, 0.25) is 11.7 Å². The number of ketones is 1. The molecule has 12 heteroatoms. The molecule has 0 spiro atoms. The predicted octanol–water partition coefficient (Wildman–Crippen LogP) is 2.54. The molecule has 0 aliphatic carbocycles. The Morgan fingerprint density at radius 2 is 2.06 bits per heavy atom. The number of nitrogens with one attached hydrogen (secondary N) is 1. The Labute approximate surface area is 204 Å². The zero-order valence-electron chi connectivity index (χ0n) is 19.6. The van der Waals surface area contributed by atoms with Gasteiger partial charge in [0.05, 0.1) is 11.8 Å². The van der Waals surface area contributed by atoms with E-state index in [9.17, 15) is 23.8 Å². The monoisotopic (exact) mass is 497 g/mol. The highest BCUT2D eigenvalue weighted by Gasteiger charge is 2.31. The molecule has 4 aromatic rings. The van der Waals surface area contributed by atoms with Crippen molar-refractivity contribution in [3.05, 3.63) is 59.7 Å². The Kier molecular flexibility index (Phi) is 6.24. The van der Waals surface area contributed by atoms with Crippen molar-refractivity contribution in [2.24, 2.45) is 7.05 Å². The van der Waals surface area contributed by atoms with Crippen molar-refractivity contribution in [3.63, 3.8) is 0 Å². The number of likely N-dealkylation sites (tertiary alicyclic amines) is 1. The molecule has 188 valence electrons. The lowest BCUT2D eigenvalue weighted by molar-refractivity contribution is -0.0390. The third kappa shape index (κ3) is 4.45. The Bertz CT molecular complexity index is 1430. The number of aryl methyl sites for hydroxylation is 2. The lowest BCUT2D eigenvalue weighted by Gasteiger charge is -2.20. The zero-order valence-corrected chi connectivity index (χ0v) is 19.6. The van der Waals surface area contributed by atoms with Crippen LogP contribution in [0.1, 0.15) is 28.0 Å². The second kappa shape index (κ2) is 9.37. The number of alkyl halides is 2. The van der Waals surface area contributed by atoms with Gasteiger partial charge in [0.25, 0.3) is 0 Å². The fourth-order valence-electron chi connectivity index (χ4n) is 4.43. The first-order valence-corrected chi connectivity index (χ1v) is 11.4. The van der Waals surface area contributed by atoms with Crippen LogP contribution in [0.3, 0.4) is 0 Å². The van der Waals surface area contributed by atoms with Crippen molar-refractivity contribution >= 4 is 28.3 Å². The molecule has 0 saturated carbocycles. The van der Waals surface area contributed by atoms with Gasteiger partial charge >= 0.3 is 6.43 Å². The van der Waals surface area contributed by atoms with Crippen LogP contribution in [0.15, 0.2) is 42.9 Å². The number of benzene rings is 1. The number of halogens is 2. The number of carbonyl (C=O) groups is 1. The number of hydrogen-bond donors (Lipinski definition) is 3. The van der Waals surface area contributed by atoms with Gasteiger partial charge in [0, 0.05) is 72.5 Å². The first kappa shape index (κ1) is 24.0. The molecule has 2 atom stereocenters. The summed E-state index contributed by atoms with van der Waals surface area (Å²) in [5.41, 5.74) is 2.79. The van der Waals surface area contributed by atoms with Crippen molar-refractivity contribution < 1.29 is 23.8 Å². The van der Waals surface area contributed by atoms with E-state index in [-0.39, 0.29) is 11.5 Å². The average Bonchev–Trinajstić information content (AvgIpc) is 3.49. The normalized spacial score (nSPS) is 18.4. The maximum atomic E-state index is 13.1. The molecular formula is C24H25F2N7O3. The number of Topliss-reactive ketones (excluding diaryl/α,β-unsaturated/α-hetero) is 1. The van der Waals surface area contributed by atoms with Crippen LogP contribution < -0.4 is 5.32 Å². The second-order valence-corrected chi connectivity index (χ2v) is 8.84.